The van der Waals surface area contributed by atoms with Gasteiger partial charge in [0.2, 0.25) is 5.91 Å². The topological polar surface area (TPSA) is 93.4 Å². The highest BCUT2D eigenvalue weighted by atomic mass is 19.4. The normalized spacial score (nSPS) is 18.7. The number of fused-ring (bicyclic) bond motifs is 1. The van der Waals surface area contributed by atoms with Gasteiger partial charge in [-0.1, -0.05) is 0 Å². The molecule has 0 spiro atoms. The lowest BCUT2D eigenvalue weighted by atomic mass is 9.77. The highest BCUT2D eigenvalue weighted by molar-refractivity contribution is 5.91. The quantitative estimate of drug-likeness (QED) is 0.376. The summed E-state index contributed by atoms with van der Waals surface area (Å²) < 4.78 is 45.8. The first-order chi connectivity index (χ1) is 17.9. The van der Waals surface area contributed by atoms with Crippen molar-refractivity contribution >= 4 is 28.3 Å². The Hall–Kier alpha value is -3.56. The van der Waals surface area contributed by atoms with Gasteiger partial charge < -0.3 is 20.7 Å². The number of anilines is 2. The number of carbonyl (C=O) groups is 1. The van der Waals surface area contributed by atoms with Gasteiger partial charge in [-0.3, -0.25) is 4.79 Å². The molecule has 10 heteroatoms. The molecule has 7 nitrogen and oxygen atoms in total. The average Bonchev–Trinajstić information content (AvgIpc) is 2.86. The van der Waals surface area contributed by atoms with Crippen molar-refractivity contribution in [2.75, 3.05) is 32.3 Å². The number of hydrogen-bond donors (Lipinski definition) is 2. The molecule has 1 aromatic heterocycles. The third kappa shape index (κ3) is 5.79. The number of nitrogen functional groups attached to an aromatic ring is 1. The zero-order valence-corrected chi connectivity index (χ0v) is 22.3. The zero-order valence-electron chi connectivity index (χ0n) is 22.3. The van der Waals surface area contributed by atoms with Crippen molar-refractivity contribution in [3.05, 3.63) is 52.8 Å². The van der Waals surface area contributed by atoms with Crippen molar-refractivity contribution in [2.24, 2.45) is 5.92 Å². The smallest absolute Gasteiger partial charge is 0.416 e. The molecule has 0 radical (unpaired) electrons. The molecule has 0 aliphatic heterocycles. The third-order valence-electron chi connectivity index (χ3n) is 7.27. The van der Waals surface area contributed by atoms with Crippen LogP contribution >= 0.6 is 0 Å². The van der Waals surface area contributed by atoms with E-state index in [1.165, 1.54) is 6.07 Å². The van der Waals surface area contributed by atoms with Gasteiger partial charge in [0.05, 0.1) is 24.2 Å². The van der Waals surface area contributed by atoms with Crippen LogP contribution in [0.5, 0.6) is 5.75 Å². The summed E-state index contributed by atoms with van der Waals surface area (Å²) in [4.78, 5) is 23.3. The predicted molar refractivity (Wildman–Crippen MR) is 142 cm³/mol. The number of alkyl halides is 3. The fourth-order valence-corrected chi connectivity index (χ4v) is 5.29. The number of nitrogens with zero attached hydrogens (tertiary/aromatic N) is 3. The summed E-state index contributed by atoms with van der Waals surface area (Å²) in [6, 6.07) is 6.96. The van der Waals surface area contributed by atoms with Crippen LogP contribution < -0.4 is 15.8 Å². The average molecular weight is 530 g/mol. The maximum Gasteiger partial charge on any atom is 0.416 e. The van der Waals surface area contributed by atoms with Crippen LogP contribution in [0.25, 0.3) is 10.9 Å². The lowest BCUT2D eigenvalue weighted by Gasteiger charge is -2.30. The predicted octanol–water partition coefficient (Wildman–Crippen LogP) is 6.08. The summed E-state index contributed by atoms with van der Waals surface area (Å²) in [7, 11) is 5.19. The number of carbonyl (C=O) groups excluding carboxylic acids is 1. The second kappa shape index (κ2) is 10.7. The number of aryl methyl sites for hydroxylation is 1. The summed E-state index contributed by atoms with van der Waals surface area (Å²) in [5.74, 6) is 2.16. The Bertz CT molecular complexity index is 1330. The fourth-order valence-electron chi connectivity index (χ4n) is 5.29. The van der Waals surface area contributed by atoms with E-state index in [4.69, 9.17) is 10.5 Å². The summed E-state index contributed by atoms with van der Waals surface area (Å²) >= 11 is 0. The molecule has 1 aliphatic rings. The van der Waals surface area contributed by atoms with Gasteiger partial charge in [0, 0.05) is 37.2 Å². The molecule has 1 saturated carbocycles. The highest BCUT2D eigenvalue weighted by Gasteiger charge is 2.32. The van der Waals surface area contributed by atoms with Gasteiger partial charge in [0.25, 0.3) is 0 Å². The Kier molecular flexibility index (Phi) is 7.71. The van der Waals surface area contributed by atoms with Crippen LogP contribution in [0.4, 0.5) is 24.7 Å². The minimum Gasteiger partial charge on any atom is -0.496 e. The maximum atomic E-state index is 13.4. The molecule has 0 saturated heterocycles. The fraction of sp³-hybridized carbons (Fsp3) is 0.464. The molecule has 0 bridgehead atoms. The van der Waals surface area contributed by atoms with Crippen LogP contribution in [-0.2, 0) is 11.0 Å². The molecule has 1 aliphatic carbocycles. The van der Waals surface area contributed by atoms with Crippen LogP contribution in [0.3, 0.4) is 0 Å². The molecular weight excluding hydrogens is 495 g/mol. The van der Waals surface area contributed by atoms with Gasteiger partial charge in [0.15, 0.2) is 0 Å². The van der Waals surface area contributed by atoms with Gasteiger partial charge in [-0.15, -0.1) is 0 Å². The molecule has 1 amide bonds. The molecule has 1 fully saturated rings. The van der Waals surface area contributed by atoms with Crippen LogP contribution in [0.15, 0.2) is 30.3 Å². The van der Waals surface area contributed by atoms with Crippen molar-refractivity contribution in [1.29, 1.82) is 0 Å². The Morgan fingerprint density at radius 2 is 1.79 bits per heavy atom. The number of methoxy groups -OCH3 is 1. The molecule has 1 heterocycles. The van der Waals surface area contributed by atoms with E-state index in [0.717, 1.165) is 54.5 Å². The van der Waals surface area contributed by atoms with Crippen molar-refractivity contribution in [1.82, 2.24) is 14.9 Å². The van der Waals surface area contributed by atoms with Crippen LogP contribution in [0, 0.1) is 12.8 Å². The Morgan fingerprint density at radius 1 is 1.11 bits per heavy atom. The van der Waals surface area contributed by atoms with Gasteiger partial charge in [-0.05, 0) is 80.8 Å². The molecule has 3 aromatic rings. The lowest BCUT2D eigenvalue weighted by molar-refractivity contribution is -0.137. The molecule has 1 atom stereocenters. The molecule has 38 heavy (non-hydrogen) atoms. The van der Waals surface area contributed by atoms with Gasteiger partial charge >= 0.3 is 6.18 Å². The number of amides is 1. The van der Waals surface area contributed by atoms with Crippen molar-refractivity contribution in [3.63, 3.8) is 0 Å². The largest absolute Gasteiger partial charge is 0.496 e. The van der Waals surface area contributed by atoms with E-state index in [1.54, 1.807) is 40.0 Å². The first-order valence-corrected chi connectivity index (χ1v) is 12.7. The first-order valence-electron chi connectivity index (χ1n) is 12.7. The number of benzene rings is 2. The number of nitrogens with two attached hydrogens (primary N) is 1. The SMILES string of the molecule is COc1cc2nc(C)nc(N[C@H](C)c3cc(N)cc(C(F)(F)F)c3)c2cc1[C@H]1CC[C@@H](C(=O)N(C)C)CC1. The Labute approximate surface area is 220 Å². The first kappa shape index (κ1) is 27.5. The van der Waals surface area contributed by atoms with Gasteiger partial charge in [-0.2, -0.15) is 13.2 Å². The number of hydrogen-bond acceptors (Lipinski definition) is 6. The Morgan fingerprint density at radius 3 is 2.39 bits per heavy atom. The van der Waals surface area contributed by atoms with Crippen molar-refractivity contribution in [3.8, 4) is 5.75 Å². The van der Waals surface area contributed by atoms with E-state index in [0.29, 0.717) is 22.7 Å². The Balaban J connectivity index is 1.68. The highest BCUT2D eigenvalue weighted by Crippen LogP contribution is 2.42. The summed E-state index contributed by atoms with van der Waals surface area (Å²) in [6.07, 6.45) is -1.20. The minimum absolute atomic E-state index is 0.0247. The number of nitrogens with one attached hydrogen (secondary N) is 1. The number of aromatic nitrogens is 2. The number of rotatable bonds is 6. The van der Waals surface area contributed by atoms with Crippen LogP contribution in [0.1, 0.15) is 67.1 Å². The summed E-state index contributed by atoms with van der Waals surface area (Å²) in [5.41, 5.74) is 7.13. The van der Waals surface area contributed by atoms with E-state index >= 15 is 0 Å². The van der Waals surface area contributed by atoms with Gasteiger partial charge in [-0.25, -0.2) is 9.97 Å². The van der Waals surface area contributed by atoms with E-state index in [1.807, 2.05) is 12.1 Å². The van der Waals surface area contributed by atoms with E-state index in [-0.39, 0.29) is 23.4 Å². The lowest BCUT2D eigenvalue weighted by Crippen LogP contribution is -2.32. The van der Waals surface area contributed by atoms with Crippen LogP contribution in [-0.4, -0.2) is 42.0 Å². The van der Waals surface area contributed by atoms with E-state index in [2.05, 4.69) is 15.3 Å². The minimum atomic E-state index is -4.50. The maximum absolute atomic E-state index is 13.4. The standard InChI is InChI=1S/C28H34F3N5O2/c1-15(19-10-20(28(29,30)31)12-21(32)11-19)33-26-23-13-22(25(38-5)14-24(23)34-16(2)35-26)17-6-8-18(9-7-17)27(37)36(3)4/h10-15,17-18H,6-9,32H2,1-5H3,(H,33,34,35)/t15-,17-,18+/m1/s1. The number of halogens is 3. The molecule has 204 valence electrons. The molecule has 2 aromatic carbocycles. The summed E-state index contributed by atoms with van der Waals surface area (Å²) in [6.45, 7) is 3.53. The van der Waals surface area contributed by atoms with Crippen LogP contribution in [0.2, 0.25) is 0 Å². The van der Waals surface area contributed by atoms with Gasteiger partial charge in [0.1, 0.15) is 17.4 Å². The zero-order chi connectivity index (χ0) is 27.8. The second-order valence-electron chi connectivity index (χ2n) is 10.3. The van der Waals surface area contributed by atoms with Crippen molar-refractivity contribution < 1.29 is 22.7 Å². The monoisotopic (exact) mass is 529 g/mol. The summed E-state index contributed by atoms with van der Waals surface area (Å²) in [5, 5.41) is 4.04. The number of ether oxygens (including phenoxy) is 1. The van der Waals surface area contributed by atoms with E-state index in [9.17, 15) is 18.0 Å². The molecule has 3 N–H and O–H groups in total. The second-order valence-corrected chi connectivity index (χ2v) is 10.3. The van der Waals surface area contributed by atoms with Crippen molar-refractivity contribution in [2.45, 2.75) is 57.7 Å². The molecule has 4 rings (SSSR count). The molecule has 0 unspecified atom stereocenters. The molecular formula is C28H34F3N5O2. The third-order valence-corrected chi connectivity index (χ3v) is 7.27. The van der Waals surface area contributed by atoms with E-state index < -0.39 is 17.8 Å².